The summed E-state index contributed by atoms with van der Waals surface area (Å²) >= 11 is 0. The van der Waals surface area contributed by atoms with E-state index < -0.39 is 0 Å². The minimum atomic E-state index is -0.114. The molecule has 0 N–H and O–H groups in total. The number of aryl methyl sites for hydroxylation is 2. The predicted octanol–water partition coefficient (Wildman–Crippen LogP) is 3.54. The third-order valence-corrected chi connectivity index (χ3v) is 6.18. The predicted molar refractivity (Wildman–Crippen MR) is 133 cm³/mol. The molecule has 0 heterocycles. The van der Waals surface area contributed by atoms with Crippen molar-refractivity contribution >= 4 is 19.4 Å². The zero-order valence-corrected chi connectivity index (χ0v) is 22.6. The number of ether oxygens (including phenoxy) is 3. The topological polar surface area (TPSA) is 44.8 Å². The Balaban J connectivity index is 0.00000512. The molecule has 0 aliphatic rings. The van der Waals surface area contributed by atoms with Crippen molar-refractivity contribution in [1.29, 1.82) is 0 Å². The fourth-order valence-electron chi connectivity index (χ4n) is 3.53. The fourth-order valence-corrected chi connectivity index (χ4v) is 4.78. The molecule has 1 atom stereocenters. The molecule has 4 nitrogen and oxygen atoms in total. The summed E-state index contributed by atoms with van der Waals surface area (Å²) in [5.74, 6) is 1.98. The Bertz CT molecular complexity index is 927. The summed E-state index contributed by atoms with van der Waals surface area (Å²) in [5, 5.41) is 0.792. The summed E-state index contributed by atoms with van der Waals surface area (Å²) in [5.41, 5.74) is 5.32. The quantitative estimate of drug-likeness (QED) is 0.431. The first kappa shape index (κ1) is 28.6. The van der Waals surface area contributed by atoms with Gasteiger partial charge < -0.3 is 15.6 Å². The first-order valence-electron chi connectivity index (χ1n) is 11.0. The van der Waals surface area contributed by atoms with Gasteiger partial charge in [-0.1, -0.05) is 6.07 Å². The molecule has 2 aromatic rings. The van der Waals surface area contributed by atoms with Crippen LogP contribution >= 0.6 is 8.58 Å². The van der Waals surface area contributed by atoms with Gasteiger partial charge in [-0.3, -0.25) is 4.79 Å². The number of hydrogen-bond donors (Lipinski definition) is 0. The molecule has 32 heavy (non-hydrogen) atoms. The SMILES string of the molecule is Cc1cc(C)c(C(=O)Pc2c(OC(C)C)cc(OC(C)C)cc2OC(C)C)c(C)c1C.[H-].[Li+]. The van der Waals surface area contributed by atoms with Crippen LogP contribution in [-0.2, 0) is 0 Å². The van der Waals surface area contributed by atoms with E-state index in [9.17, 15) is 4.79 Å². The number of rotatable bonds is 9. The number of hydrogen-bond acceptors (Lipinski definition) is 4. The van der Waals surface area contributed by atoms with Crippen molar-refractivity contribution in [2.24, 2.45) is 0 Å². The van der Waals surface area contributed by atoms with Crippen LogP contribution in [0.3, 0.4) is 0 Å². The van der Waals surface area contributed by atoms with Crippen LogP contribution in [0.25, 0.3) is 0 Å². The van der Waals surface area contributed by atoms with Crippen molar-refractivity contribution in [3.63, 3.8) is 0 Å². The second-order valence-corrected chi connectivity index (χ2v) is 10.1. The van der Waals surface area contributed by atoms with Crippen molar-refractivity contribution in [3.8, 4) is 17.2 Å². The molecule has 0 aromatic heterocycles. The molecule has 2 aromatic carbocycles. The molecule has 0 spiro atoms. The first-order chi connectivity index (χ1) is 14.4. The van der Waals surface area contributed by atoms with Crippen LogP contribution in [0, 0.1) is 27.7 Å². The Kier molecular flexibility index (Phi) is 10.8. The zero-order valence-electron chi connectivity index (χ0n) is 22.6. The molecule has 172 valence electrons. The molecule has 0 fully saturated rings. The van der Waals surface area contributed by atoms with Crippen molar-refractivity contribution in [1.82, 2.24) is 0 Å². The van der Waals surface area contributed by atoms with E-state index in [2.05, 4.69) is 19.9 Å². The second kappa shape index (κ2) is 12.1. The molecule has 0 aliphatic heterocycles. The Labute approximate surface area is 209 Å². The molecule has 0 aliphatic carbocycles. The molecule has 2 rings (SSSR count). The summed E-state index contributed by atoms with van der Waals surface area (Å²) in [4.78, 5) is 13.5. The van der Waals surface area contributed by atoms with E-state index in [-0.39, 0.29) is 52.7 Å². The van der Waals surface area contributed by atoms with E-state index in [1.54, 1.807) is 0 Å². The molecule has 0 bridgehead atoms. The third kappa shape index (κ3) is 7.28. The summed E-state index contributed by atoms with van der Waals surface area (Å²) < 4.78 is 18.2. The molecular formula is C26H38LiO4P. The standard InChI is InChI=1S/C26H37O4P.Li.H/c1-14(2)28-21-12-22(29-15(3)4)25(23(13-21)30-16(5)6)31-26(27)24-18(8)11-17(7)19(9)20(24)10;;/h11-16,31H,1-10H3;;/q;+1;-1. The summed E-state index contributed by atoms with van der Waals surface area (Å²) in [6.45, 7) is 20.1. The maximum Gasteiger partial charge on any atom is 1.00 e. The Hall–Kier alpha value is -1.46. The summed E-state index contributed by atoms with van der Waals surface area (Å²) in [6.07, 6.45) is -0.0514. The van der Waals surface area contributed by atoms with Gasteiger partial charge in [0.05, 0.1) is 23.6 Å². The Morgan fingerprint density at radius 3 is 1.66 bits per heavy atom. The molecule has 0 saturated heterocycles. The van der Waals surface area contributed by atoms with E-state index in [1.165, 1.54) is 5.56 Å². The van der Waals surface area contributed by atoms with E-state index in [0.717, 1.165) is 27.6 Å². The zero-order chi connectivity index (χ0) is 23.5. The van der Waals surface area contributed by atoms with Crippen LogP contribution in [-0.4, -0.2) is 23.8 Å². The van der Waals surface area contributed by atoms with E-state index >= 15 is 0 Å². The third-order valence-electron chi connectivity index (χ3n) is 4.96. The minimum absolute atomic E-state index is 0. The van der Waals surface area contributed by atoms with Crippen molar-refractivity contribution < 1.29 is 39.3 Å². The molecule has 0 amide bonds. The Morgan fingerprint density at radius 2 is 1.22 bits per heavy atom. The van der Waals surface area contributed by atoms with Crippen LogP contribution in [0.5, 0.6) is 17.2 Å². The van der Waals surface area contributed by atoms with Crippen LogP contribution in [0.1, 0.15) is 75.6 Å². The van der Waals surface area contributed by atoms with Gasteiger partial charge in [0.2, 0.25) is 0 Å². The smallest absolute Gasteiger partial charge is 1.00 e. The first-order valence-corrected chi connectivity index (χ1v) is 12.0. The number of carbonyl (C=O) groups excluding carboxylic acids is 1. The van der Waals surface area contributed by atoms with Gasteiger partial charge in [-0.2, -0.15) is 0 Å². The van der Waals surface area contributed by atoms with Gasteiger partial charge in [-0.05, 0) is 100 Å². The maximum absolute atomic E-state index is 13.5. The fraction of sp³-hybridized carbons (Fsp3) is 0.500. The van der Waals surface area contributed by atoms with Crippen molar-refractivity contribution in [2.45, 2.75) is 87.5 Å². The van der Waals surface area contributed by atoms with Gasteiger partial charge in [-0.25, -0.2) is 0 Å². The van der Waals surface area contributed by atoms with Crippen LogP contribution < -0.4 is 38.4 Å². The van der Waals surface area contributed by atoms with E-state index in [0.29, 0.717) is 17.2 Å². The molecule has 0 radical (unpaired) electrons. The average Bonchev–Trinajstić information content (AvgIpc) is 2.61. The maximum atomic E-state index is 13.5. The second-order valence-electron chi connectivity index (χ2n) is 8.88. The van der Waals surface area contributed by atoms with Gasteiger partial charge in [0.1, 0.15) is 17.2 Å². The van der Waals surface area contributed by atoms with Crippen molar-refractivity contribution in [3.05, 3.63) is 46.0 Å². The Morgan fingerprint density at radius 1 is 0.750 bits per heavy atom. The van der Waals surface area contributed by atoms with Crippen LogP contribution in [0.4, 0.5) is 0 Å². The molecular weight excluding hydrogens is 414 g/mol. The van der Waals surface area contributed by atoms with Crippen molar-refractivity contribution in [2.75, 3.05) is 0 Å². The monoisotopic (exact) mass is 452 g/mol. The molecule has 0 saturated carbocycles. The van der Waals surface area contributed by atoms with Gasteiger partial charge in [-0.15, -0.1) is 0 Å². The van der Waals surface area contributed by atoms with Gasteiger partial charge in [0.15, 0.2) is 5.52 Å². The minimum Gasteiger partial charge on any atom is -1.00 e. The average molecular weight is 453 g/mol. The van der Waals surface area contributed by atoms with Gasteiger partial charge in [0, 0.05) is 17.7 Å². The summed E-state index contributed by atoms with van der Waals surface area (Å²) in [6, 6.07) is 5.85. The molecule has 1 unspecified atom stereocenters. The van der Waals surface area contributed by atoms with E-state index in [1.807, 2.05) is 67.5 Å². The number of carbonyl (C=O) groups is 1. The molecule has 6 heteroatoms. The van der Waals surface area contributed by atoms with Gasteiger partial charge in [0.25, 0.3) is 0 Å². The van der Waals surface area contributed by atoms with E-state index in [4.69, 9.17) is 14.2 Å². The largest absolute Gasteiger partial charge is 1.00 e. The summed E-state index contributed by atoms with van der Waals surface area (Å²) in [7, 11) is -0.114. The van der Waals surface area contributed by atoms with Gasteiger partial charge >= 0.3 is 18.9 Å². The van der Waals surface area contributed by atoms with Crippen LogP contribution in [0.15, 0.2) is 18.2 Å². The normalized spacial score (nSPS) is 11.4. The van der Waals surface area contributed by atoms with Crippen LogP contribution in [0.2, 0.25) is 0 Å². The number of benzene rings is 2.